The molecule has 0 aliphatic heterocycles. The molecule has 0 spiro atoms. The van der Waals surface area contributed by atoms with Crippen molar-refractivity contribution in [2.24, 2.45) is 0 Å². The molecule has 0 aliphatic rings. The van der Waals surface area contributed by atoms with E-state index in [1.54, 1.807) is 6.92 Å². The van der Waals surface area contributed by atoms with Crippen molar-refractivity contribution in [3.63, 3.8) is 0 Å². The monoisotopic (exact) mass is 401 g/mol. The van der Waals surface area contributed by atoms with Gasteiger partial charge >= 0.3 is 0 Å². The second kappa shape index (κ2) is 5.53. The molecule has 0 unspecified atom stereocenters. The maximum atomic E-state index is 12.2. The van der Waals surface area contributed by atoms with E-state index in [2.05, 4.69) is 30.8 Å². The van der Waals surface area contributed by atoms with Gasteiger partial charge < -0.3 is 0 Å². The minimum atomic E-state index is -3.90. The number of nitrogens with one attached hydrogen (secondary N) is 1. The van der Waals surface area contributed by atoms with Gasteiger partial charge in [0.25, 0.3) is 10.0 Å². The number of rotatable bonds is 3. The van der Waals surface area contributed by atoms with Crippen LogP contribution in [0.4, 0.5) is 5.13 Å². The van der Waals surface area contributed by atoms with Crippen LogP contribution >= 0.6 is 50.5 Å². The van der Waals surface area contributed by atoms with Gasteiger partial charge in [-0.2, -0.15) is 0 Å². The van der Waals surface area contributed by atoms with Crippen molar-refractivity contribution in [2.45, 2.75) is 11.8 Å². The Bertz CT molecular complexity index is 710. The fourth-order valence-electron chi connectivity index (χ4n) is 1.29. The third kappa shape index (κ3) is 3.38. The quantitative estimate of drug-likeness (QED) is 0.849. The molecule has 1 aromatic carbocycles. The molecule has 1 heterocycles. The second-order valence-electron chi connectivity index (χ2n) is 3.43. The summed E-state index contributed by atoms with van der Waals surface area (Å²) in [6, 6.07) is 2.90. The molecule has 0 saturated heterocycles. The van der Waals surface area contributed by atoms with Crippen LogP contribution < -0.4 is 4.72 Å². The fourth-order valence-corrected chi connectivity index (χ4v) is 5.05. The van der Waals surface area contributed by atoms with Crippen molar-refractivity contribution in [3.8, 4) is 0 Å². The minimum absolute atomic E-state index is 0.0214. The predicted molar refractivity (Wildman–Crippen MR) is 79.6 cm³/mol. The highest BCUT2D eigenvalue weighted by atomic mass is 79.9. The zero-order valence-electron chi connectivity index (χ0n) is 9.32. The Labute approximate surface area is 132 Å². The molecule has 1 N–H and O–H groups in total. The van der Waals surface area contributed by atoms with Crippen molar-refractivity contribution < 1.29 is 8.42 Å². The van der Waals surface area contributed by atoms with E-state index in [-0.39, 0.29) is 20.1 Å². The molecule has 0 radical (unpaired) electrons. The first-order chi connectivity index (χ1) is 8.79. The Morgan fingerprint density at radius 3 is 2.32 bits per heavy atom. The number of anilines is 1. The summed E-state index contributed by atoms with van der Waals surface area (Å²) in [6.45, 7) is 1.72. The summed E-state index contributed by atoms with van der Waals surface area (Å²) in [6.07, 6.45) is 0. The number of benzene rings is 1. The predicted octanol–water partition coefficient (Wildman–Crippen LogP) is 3.72. The van der Waals surface area contributed by atoms with E-state index in [0.717, 1.165) is 11.3 Å². The van der Waals surface area contributed by atoms with Gasteiger partial charge in [-0.05, 0) is 19.1 Å². The molecular formula is C9H6BrCl2N3O2S2. The van der Waals surface area contributed by atoms with Crippen LogP contribution in [0.3, 0.4) is 0 Å². The van der Waals surface area contributed by atoms with Gasteiger partial charge in [0, 0.05) is 4.47 Å². The topological polar surface area (TPSA) is 72.0 Å². The Balaban J connectivity index is 2.45. The number of sulfonamides is 1. The first-order valence-corrected chi connectivity index (χ1v) is 8.62. The summed E-state index contributed by atoms with van der Waals surface area (Å²) >= 11 is 16.1. The van der Waals surface area contributed by atoms with Gasteiger partial charge in [0.1, 0.15) is 9.90 Å². The van der Waals surface area contributed by atoms with Gasteiger partial charge in [-0.3, -0.25) is 4.72 Å². The average Bonchev–Trinajstić information content (AvgIpc) is 2.60. The third-order valence-electron chi connectivity index (χ3n) is 1.98. The average molecular weight is 403 g/mol. The molecule has 10 heteroatoms. The lowest BCUT2D eigenvalue weighted by Gasteiger charge is -2.09. The zero-order chi connectivity index (χ0) is 14.2. The fraction of sp³-hybridized carbons (Fsp3) is 0.111. The van der Waals surface area contributed by atoms with Gasteiger partial charge in [-0.1, -0.05) is 50.5 Å². The lowest BCUT2D eigenvalue weighted by Crippen LogP contribution is -2.14. The summed E-state index contributed by atoms with van der Waals surface area (Å²) in [5.74, 6) is 0. The SMILES string of the molecule is Cc1nnc(NS(=O)(=O)c2c(Cl)cc(Br)cc2Cl)s1. The second-order valence-corrected chi connectivity index (χ2v) is 7.96. The largest absolute Gasteiger partial charge is 0.266 e. The van der Waals surface area contributed by atoms with Crippen molar-refractivity contribution >= 4 is 65.6 Å². The number of nitrogens with zero attached hydrogens (tertiary/aromatic N) is 2. The van der Waals surface area contributed by atoms with Crippen LogP contribution in [-0.4, -0.2) is 18.6 Å². The zero-order valence-corrected chi connectivity index (χ0v) is 14.0. The number of hydrogen-bond acceptors (Lipinski definition) is 5. The first-order valence-electron chi connectivity index (χ1n) is 4.77. The summed E-state index contributed by atoms with van der Waals surface area (Å²) in [7, 11) is -3.90. The molecule has 0 fully saturated rings. The Kier molecular flexibility index (Phi) is 4.36. The molecule has 102 valence electrons. The lowest BCUT2D eigenvalue weighted by atomic mass is 10.4. The molecule has 19 heavy (non-hydrogen) atoms. The van der Waals surface area contributed by atoms with E-state index in [1.165, 1.54) is 12.1 Å². The Morgan fingerprint density at radius 2 is 1.84 bits per heavy atom. The van der Waals surface area contributed by atoms with Gasteiger partial charge in [0.05, 0.1) is 10.0 Å². The summed E-state index contributed by atoms with van der Waals surface area (Å²) in [5.41, 5.74) is 0. The van der Waals surface area contributed by atoms with Crippen molar-refractivity contribution in [3.05, 3.63) is 31.7 Å². The van der Waals surface area contributed by atoms with Gasteiger partial charge in [-0.25, -0.2) is 8.42 Å². The van der Waals surface area contributed by atoms with E-state index in [4.69, 9.17) is 23.2 Å². The maximum Gasteiger partial charge on any atom is 0.266 e. The van der Waals surface area contributed by atoms with E-state index in [0.29, 0.717) is 9.48 Å². The first kappa shape index (κ1) is 15.0. The molecule has 0 bridgehead atoms. The van der Waals surface area contributed by atoms with Crippen LogP contribution in [0.5, 0.6) is 0 Å². The minimum Gasteiger partial charge on any atom is -0.253 e. The van der Waals surface area contributed by atoms with E-state index in [1.807, 2.05) is 0 Å². The highest BCUT2D eigenvalue weighted by molar-refractivity contribution is 9.10. The molecule has 0 saturated carbocycles. The summed E-state index contributed by atoms with van der Waals surface area (Å²) in [4.78, 5) is -0.188. The normalized spacial score (nSPS) is 11.6. The molecule has 1 aromatic heterocycles. The number of halogens is 3. The summed E-state index contributed by atoms with van der Waals surface area (Å²) < 4.78 is 27.3. The van der Waals surface area contributed by atoms with Gasteiger partial charge in [0.2, 0.25) is 5.13 Å². The van der Waals surface area contributed by atoms with Gasteiger partial charge in [0.15, 0.2) is 0 Å². The molecule has 0 aliphatic carbocycles. The van der Waals surface area contributed by atoms with E-state index < -0.39 is 10.0 Å². The van der Waals surface area contributed by atoms with Crippen LogP contribution in [0.25, 0.3) is 0 Å². The number of aromatic nitrogens is 2. The van der Waals surface area contributed by atoms with Crippen molar-refractivity contribution in [1.29, 1.82) is 0 Å². The number of hydrogen-bond donors (Lipinski definition) is 1. The van der Waals surface area contributed by atoms with E-state index in [9.17, 15) is 8.42 Å². The standard InChI is InChI=1S/C9H6BrCl2N3O2S2/c1-4-13-14-9(18-4)15-19(16,17)8-6(11)2-5(10)3-7(8)12/h2-3H,1H3,(H,14,15). The Morgan fingerprint density at radius 1 is 1.26 bits per heavy atom. The third-order valence-corrected chi connectivity index (χ3v) is 5.58. The summed E-state index contributed by atoms with van der Waals surface area (Å²) in [5, 5.41) is 8.25. The van der Waals surface area contributed by atoms with Crippen LogP contribution in [0, 0.1) is 6.92 Å². The van der Waals surface area contributed by atoms with Crippen molar-refractivity contribution in [1.82, 2.24) is 10.2 Å². The van der Waals surface area contributed by atoms with Gasteiger partial charge in [-0.15, -0.1) is 10.2 Å². The van der Waals surface area contributed by atoms with Crippen molar-refractivity contribution in [2.75, 3.05) is 4.72 Å². The van der Waals surface area contributed by atoms with Crippen LogP contribution in [0.2, 0.25) is 10.0 Å². The van der Waals surface area contributed by atoms with Crippen LogP contribution in [-0.2, 0) is 10.0 Å². The van der Waals surface area contributed by atoms with Crippen LogP contribution in [0.15, 0.2) is 21.5 Å². The lowest BCUT2D eigenvalue weighted by molar-refractivity contribution is 0.601. The highest BCUT2D eigenvalue weighted by Crippen LogP contribution is 2.34. The molecular weight excluding hydrogens is 397 g/mol. The van der Waals surface area contributed by atoms with Crippen LogP contribution in [0.1, 0.15) is 5.01 Å². The molecule has 5 nitrogen and oxygen atoms in total. The molecule has 2 aromatic rings. The van der Waals surface area contributed by atoms with E-state index >= 15 is 0 Å². The smallest absolute Gasteiger partial charge is 0.253 e. The molecule has 0 atom stereocenters. The highest BCUT2D eigenvalue weighted by Gasteiger charge is 2.23. The Hall–Kier alpha value is -0.410. The molecule has 2 rings (SSSR count). The number of aryl methyl sites for hydroxylation is 1. The molecule has 0 amide bonds. The maximum absolute atomic E-state index is 12.2.